The number of carbonyl (C=O) groups is 2. The molecule has 0 saturated carbocycles. The van der Waals surface area contributed by atoms with Crippen molar-refractivity contribution in [3.63, 3.8) is 0 Å². The number of carbonyl (C=O) groups excluding carboxylic acids is 1. The van der Waals surface area contributed by atoms with Crippen LogP contribution in [0.3, 0.4) is 0 Å². The van der Waals surface area contributed by atoms with E-state index in [1.165, 1.54) is 12.8 Å². The zero-order valence-corrected chi connectivity index (χ0v) is 12.3. The van der Waals surface area contributed by atoms with Crippen LogP contribution >= 0.6 is 11.8 Å². The Bertz CT molecular complexity index is 377. The van der Waals surface area contributed by atoms with Crippen LogP contribution < -0.4 is 5.32 Å². The molecule has 2 heterocycles. The molecule has 0 radical (unpaired) electrons. The van der Waals surface area contributed by atoms with Gasteiger partial charge in [0, 0.05) is 12.3 Å². The van der Waals surface area contributed by atoms with E-state index in [4.69, 9.17) is 0 Å². The van der Waals surface area contributed by atoms with Gasteiger partial charge in [-0.05, 0) is 19.9 Å². The number of thioether (sulfide) groups is 1. The standard InChI is InChI=1S/C13H22N2O3S/c1-3-4-5-6-14-9-10(16)15-7-13(2,12(17)18)8-19-11(9)15/h9,11,14H,3-8H2,1-2H3,(H,17,18)/t9?,11-,13?/m1/s1. The fourth-order valence-corrected chi connectivity index (χ4v) is 4.04. The van der Waals surface area contributed by atoms with Crippen LogP contribution in [0.2, 0.25) is 0 Å². The molecule has 0 spiro atoms. The van der Waals surface area contributed by atoms with Crippen molar-refractivity contribution >= 4 is 23.6 Å². The van der Waals surface area contributed by atoms with E-state index >= 15 is 0 Å². The molecule has 6 heteroatoms. The smallest absolute Gasteiger partial charge is 0.312 e. The summed E-state index contributed by atoms with van der Waals surface area (Å²) in [6.45, 7) is 5.07. The van der Waals surface area contributed by atoms with Gasteiger partial charge in [0.15, 0.2) is 0 Å². The van der Waals surface area contributed by atoms with Gasteiger partial charge in [0.05, 0.1) is 5.41 Å². The Morgan fingerprint density at radius 1 is 1.58 bits per heavy atom. The lowest BCUT2D eigenvalue weighted by molar-refractivity contribution is -0.156. The van der Waals surface area contributed by atoms with Crippen molar-refractivity contribution in [3.8, 4) is 0 Å². The Labute approximate surface area is 118 Å². The van der Waals surface area contributed by atoms with Crippen molar-refractivity contribution in [2.24, 2.45) is 5.41 Å². The Hall–Kier alpha value is -0.750. The van der Waals surface area contributed by atoms with Gasteiger partial charge < -0.3 is 15.3 Å². The van der Waals surface area contributed by atoms with E-state index in [0.717, 1.165) is 13.0 Å². The molecule has 2 fully saturated rings. The van der Waals surface area contributed by atoms with E-state index < -0.39 is 11.4 Å². The molecule has 2 N–H and O–H groups in total. The predicted molar refractivity (Wildman–Crippen MR) is 75.0 cm³/mol. The molecule has 5 nitrogen and oxygen atoms in total. The summed E-state index contributed by atoms with van der Waals surface area (Å²) in [5.41, 5.74) is -0.802. The van der Waals surface area contributed by atoms with E-state index in [2.05, 4.69) is 12.2 Å². The first-order chi connectivity index (χ1) is 8.99. The number of rotatable bonds is 6. The molecule has 2 unspecified atom stereocenters. The molecular formula is C13H22N2O3S. The lowest BCUT2D eigenvalue weighted by atomic mass is 9.89. The largest absolute Gasteiger partial charge is 0.481 e. The van der Waals surface area contributed by atoms with Gasteiger partial charge in [-0.15, -0.1) is 11.8 Å². The summed E-state index contributed by atoms with van der Waals surface area (Å²) in [5.74, 6) is -0.184. The molecule has 0 bridgehead atoms. The van der Waals surface area contributed by atoms with E-state index in [1.807, 2.05) is 0 Å². The molecular weight excluding hydrogens is 264 g/mol. The Morgan fingerprint density at radius 2 is 2.32 bits per heavy atom. The summed E-state index contributed by atoms with van der Waals surface area (Å²) in [6.07, 6.45) is 3.43. The highest BCUT2D eigenvalue weighted by molar-refractivity contribution is 8.00. The maximum absolute atomic E-state index is 12.0. The lowest BCUT2D eigenvalue weighted by Crippen LogP contribution is -2.72. The van der Waals surface area contributed by atoms with Crippen LogP contribution in [0.5, 0.6) is 0 Å². The van der Waals surface area contributed by atoms with E-state index in [9.17, 15) is 14.7 Å². The monoisotopic (exact) mass is 286 g/mol. The van der Waals surface area contributed by atoms with Crippen LogP contribution in [0.25, 0.3) is 0 Å². The molecule has 2 saturated heterocycles. The van der Waals surface area contributed by atoms with Crippen LogP contribution in [0, 0.1) is 5.41 Å². The van der Waals surface area contributed by atoms with Gasteiger partial charge in [-0.3, -0.25) is 9.59 Å². The zero-order chi connectivity index (χ0) is 14.0. The van der Waals surface area contributed by atoms with Gasteiger partial charge in [0.25, 0.3) is 0 Å². The molecule has 2 rings (SSSR count). The summed E-state index contributed by atoms with van der Waals surface area (Å²) < 4.78 is 0. The highest BCUT2D eigenvalue weighted by Gasteiger charge is 2.54. The van der Waals surface area contributed by atoms with Gasteiger partial charge in [-0.2, -0.15) is 0 Å². The van der Waals surface area contributed by atoms with Crippen molar-refractivity contribution in [2.45, 2.75) is 44.5 Å². The van der Waals surface area contributed by atoms with Crippen LogP contribution in [0.1, 0.15) is 33.1 Å². The number of fused-ring (bicyclic) bond motifs is 1. The Balaban J connectivity index is 1.85. The first kappa shape index (κ1) is 14.7. The second-order valence-electron chi connectivity index (χ2n) is 5.67. The number of hydrogen-bond donors (Lipinski definition) is 2. The summed E-state index contributed by atoms with van der Waals surface area (Å²) in [7, 11) is 0. The average Bonchev–Trinajstić information content (AvgIpc) is 2.39. The molecule has 0 aromatic carbocycles. The summed E-state index contributed by atoms with van der Waals surface area (Å²) in [6, 6.07) is -0.111. The summed E-state index contributed by atoms with van der Waals surface area (Å²) in [4.78, 5) is 25.0. The minimum Gasteiger partial charge on any atom is -0.481 e. The highest BCUT2D eigenvalue weighted by Crippen LogP contribution is 2.41. The Morgan fingerprint density at radius 3 is 2.95 bits per heavy atom. The Kier molecular flexibility index (Phi) is 4.40. The third-order valence-corrected chi connectivity index (χ3v) is 5.57. The summed E-state index contributed by atoms with van der Waals surface area (Å²) in [5, 5.41) is 12.6. The van der Waals surface area contributed by atoms with Crippen LogP contribution in [-0.2, 0) is 9.59 Å². The predicted octanol–water partition coefficient (Wildman–Crippen LogP) is 1.14. The van der Waals surface area contributed by atoms with Crippen LogP contribution in [-0.4, -0.2) is 52.1 Å². The van der Waals surface area contributed by atoms with E-state index in [-0.39, 0.29) is 17.3 Å². The third-order valence-electron chi connectivity index (χ3n) is 3.89. The first-order valence-electron chi connectivity index (χ1n) is 6.88. The number of nitrogens with zero attached hydrogens (tertiary/aromatic N) is 1. The number of amides is 1. The number of β-lactam (4-membered cyclic amide) rings is 1. The minimum absolute atomic E-state index is 0.0566. The lowest BCUT2D eigenvalue weighted by Gasteiger charge is -2.53. The molecule has 108 valence electrons. The second kappa shape index (κ2) is 5.71. The number of nitrogens with one attached hydrogen (secondary N) is 1. The quantitative estimate of drug-likeness (QED) is 0.566. The van der Waals surface area contributed by atoms with Crippen molar-refractivity contribution < 1.29 is 14.7 Å². The van der Waals surface area contributed by atoms with E-state index in [1.54, 1.807) is 23.6 Å². The summed E-state index contributed by atoms with van der Waals surface area (Å²) >= 11 is 1.59. The first-order valence-corrected chi connectivity index (χ1v) is 7.93. The third kappa shape index (κ3) is 2.74. The fourth-order valence-electron chi connectivity index (χ4n) is 2.52. The SMILES string of the molecule is CCCCCNC1C(=O)N2CC(C)(C(=O)O)CS[C@H]12. The number of carboxylic acids is 1. The molecule has 2 aliphatic heterocycles. The molecule has 2 aliphatic rings. The van der Waals surface area contributed by atoms with Crippen molar-refractivity contribution in [3.05, 3.63) is 0 Å². The highest BCUT2D eigenvalue weighted by atomic mass is 32.2. The van der Waals surface area contributed by atoms with Crippen LogP contribution in [0.4, 0.5) is 0 Å². The van der Waals surface area contributed by atoms with E-state index in [0.29, 0.717) is 12.3 Å². The van der Waals surface area contributed by atoms with Gasteiger partial charge >= 0.3 is 5.97 Å². The van der Waals surface area contributed by atoms with Crippen LogP contribution in [0.15, 0.2) is 0 Å². The molecule has 3 atom stereocenters. The topological polar surface area (TPSA) is 69.6 Å². The van der Waals surface area contributed by atoms with Gasteiger partial charge in [0.1, 0.15) is 11.4 Å². The number of unbranched alkanes of at least 4 members (excludes halogenated alkanes) is 2. The van der Waals surface area contributed by atoms with Gasteiger partial charge in [-0.1, -0.05) is 19.8 Å². The molecule has 0 aromatic heterocycles. The molecule has 0 aromatic rings. The van der Waals surface area contributed by atoms with Crippen molar-refractivity contribution in [2.75, 3.05) is 18.8 Å². The second-order valence-corrected chi connectivity index (χ2v) is 6.78. The number of carboxylic acid groups (broad SMARTS) is 1. The molecule has 0 aliphatic carbocycles. The maximum Gasteiger partial charge on any atom is 0.312 e. The number of hydrogen-bond acceptors (Lipinski definition) is 4. The fraction of sp³-hybridized carbons (Fsp3) is 0.846. The van der Waals surface area contributed by atoms with Gasteiger partial charge in [-0.25, -0.2) is 0 Å². The van der Waals surface area contributed by atoms with Gasteiger partial charge in [0.2, 0.25) is 5.91 Å². The van der Waals surface area contributed by atoms with Crippen molar-refractivity contribution in [1.82, 2.24) is 10.2 Å². The molecule has 1 amide bonds. The zero-order valence-electron chi connectivity index (χ0n) is 11.5. The minimum atomic E-state index is -0.814. The average molecular weight is 286 g/mol. The van der Waals surface area contributed by atoms with Crippen molar-refractivity contribution in [1.29, 1.82) is 0 Å². The molecule has 19 heavy (non-hydrogen) atoms. The number of aliphatic carboxylic acids is 1. The maximum atomic E-state index is 12.0. The normalized spacial score (nSPS) is 33.8.